The second kappa shape index (κ2) is 10.6. The average Bonchev–Trinajstić information content (AvgIpc) is 2.94. The summed E-state index contributed by atoms with van der Waals surface area (Å²) >= 11 is 0. The van der Waals surface area contributed by atoms with Gasteiger partial charge in [0.2, 0.25) is 0 Å². The highest BCUT2D eigenvalue weighted by molar-refractivity contribution is 5.93. The molecule has 9 rings (SSSR count). The van der Waals surface area contributed by atoms with E-state index in [1.807, 2.05) is 13.8 Å². The van der Waals surface area contributed by atoms with Crippen molar-refractivity contribution in [2.45, 2.75) is 146 Å². The van der Waals surface area contributed by atoms with Gasteiger partial charge in [0.15, 0.2) is 0 Å². The van der Waals surface area contributed by atoms with Crippen LogP contribution in [0.5, 0.6) is 0 Å². The van der Waals surface area contributed by atoms with Crippen LogP contribution in [0.25, 0.3) is 0 Å². The van der Waals surface area contributed by atoms with Crippen LogP contribution >= 0.6 is 0 Å². The molecule has 0 aromatic rings. The van der Waals surface area contributed by atoms with Gasteiger partial charge < -0.3 is 33.9 Å². The minimum Gasteiger partial charge on any atom is -0.462 e. The van der Waals surface area contributed by atoms with Crippen LogP contribution in [0.3, 0.4) is 0 Å². The molecule has 11 atom stereocenters. The van der Waals surface area contributed by atoms with Gasteiger partial charge in [0.25, 0.3) is 0 Å². The smallest absolute Gasteiger partial charge is 0.462 e. The first-order valence-corrected chi connectivity index (χ1v) is 17.6. The Labute approximate surface area is 276 Å². The van der Waals surface area contributed by atoms with Gasteiger partial charge >= 0.3 is 24.1 Å². The number of aliphatic hydroxyl groups is 2. The van der Waals surface area contributed by atoms with Gasteiger partial charge in [-0.15, -0.1) is 0 Å². The maximum atomic E-state index is 14.3. The van der Waals surface area contributed by atoms with E-state index in [1.54, 1.807) is 7.11 Å². The molecule has 11 unspecified atom stereocenters. The van der Waals surface area contributed by atoms with Gasteiger partial charge in [-0.25, -0.2) is 4.79 Å². The lowest BCUT2D eigenvalue weighted by molar-refractivity contribution is -0.245. The fourth-order valence-corrected chi connectivity index (χ4v) is 12.7. The van der Waals surface area contributed by atoms with Crippen LogP contribution < -0.4 is 0 Å². The third kappa shape index (κ3) is 5.41. The first kappa shape index (κ1) is 33.3. The summed E-state index contributed by atoms with van der Waals surface area (Å²) in [6.45, 7) is 6.21. The van der Waals surface area contributed by atoms with Gasteiger partial charge in [-0.1, -0.05) is 13.3 Å². The fraction of sp³-hybridized carbons (Fsp3) is 0.889. The molecule has 47 heavy (non-hydrogen) atoms. The fourth-order valence-electron chi connectivity index (χ4n) is 12.7. The van der Waals surface area contributed by atoms with E-state index < -0.39 is 56.7 Å². The minimum atomic E-state index is -1.24. The maximum absolute atomic E-state index is 14.3. The summed E-state index contributed by atoms with van der Waals surface area (Å²) in [5, 5.41) is 23.3. The average molecular weight is 661 g/mol. The van der Waals surface area contributed by atoms with Crippen LogP contribution in [-0.4, -0.2) is 77.0 Å². The molecule has 0 spiro atoms. The van der Waals surface area contributed by atoms with Crippen LogP contribution in [-0.2, 0) is 38.1 Å². The van der Waals surface area contributed by atoms with Crippen molar-refractivity contribution in [3.05, 3.63) is 0 Å². The Morgan fingerprint density at radius 2 is 1.26 bits per heavy atom. The summed E-state index contributed by atoms with van der Waals surface area (Å²) < 4.78 is 28.5. The quantitative estimate of drug-likeness (QED) is 0.221. The van der Waals surface area contributed by atoms with Crippen LogP contribution in [0.1, 0.15) is 117 Å². The Hall–Kier alpha value is -2.24. The number of esters is 3. The number of rotatable bonds is 7. The van der Waals surface area contributed by atoms with Gasteiger partial charge in [-0.05, 0) is 109 Å². The molecule has 262 valence electrons. The van der Waals surface area contributed by atoms with Crippen LogP contribution in [0.2, 0.25) is 0 Å². The van der Waals surface area contributed by atoms with E-state index in [9.17, 15) is 29.4 Å². The highest BCUT2D eigenvalue weighted by Crippen LogP contribution is 2.68. The number of hydrogen-bond donors (Lipinski definition) is 2. The molecular formula is C36H52O11. The van der Waals surface area contributed by atoms with Crippen molar-refractivity contribution in [2.24, 2.45) is 39.9 Å². The van der Waals surface area contributed by atoms with Crippen molar-refractivity contribution in [1.29, 1.82) is 0 Å². The number of ether oxygens (including phenoxy) is 5. The summed E-state index contributed by atoms with van der Waals surface area (Å²) in [5.74, 6) is -1.55. The summed E-state index contributed by atoms with van der Waals surface area (Å²) in [5.41, 5.74) is -7.44. The Morgan fingerprint density at radius 3 is 1.81 bits per heavy atom. The van der Waals surface area contributed by atoms with Gasteiger partial charge in [0, 0.05) is 25.9 Å². The Morgan fingerprint density at radius 1 is 0.702 bits per heavy atom. The lowest BCUT2D eigenvalue weighted by Gasteiger charge is -2.63. The lowest BCUT2D eigenvalue weighted by atomic mass is 9.42. The van der Waals surface area contributed by atoms with E-state index in [-0.39, 0.29) is 68.4 Å². The summed E-state index contributed by atoms with van der Waals surface area (Å²) in [6, 6.07) is 0. The van der Waals surface area contributed by atoms with Crippen molar-refractivity contribution in [3.63, 3.8) is 0 Å². The topological polar surface area (TPSA) is 155 Å². The molecule has 0 radical (unpaired) electrons. The zero-order valence-corrected chi connectivity index (χ0v) is 28.6. The molecule has 2 N–H and O–H groups in total. The summed E-state index contributed by atoms with van der Waals surface area (Å²) in [6.07, 6.45) is 5.34. The Bertz CT molecular complexity index is 1360. The largest absolute Gasteiger partial charge is 0.508 e. The molecule has 0 amide bonds. The monoisotopic (exact) mass is 660 g/mol. The SMILES string of the molecule is COC(=O)OC12CC3CC(O)(C1)CC(C(=O)OC(=O)C14CC5CC(O)(C1)CC(C(=O)OC1CC(C)CCC1C(C)(C)OC)(C5)C4)(C3)C2. The number of carbonyl (C=O) groups excluding carboxylic acids is 4. The van der Waals surface area contributed by atoms with E-state index in [2.05, 4.69) is 6.92 Å². The molecular weight excluding hydrogens is 608 g/mol. The second-order valence-corrected chi connectivity index (χ2v) is 18.0. The van der Waals surface area contributed by atoms with Crippen molar-refractivity contribution >= 4 is 24.1 Å². The molecule has 0 saturated heterocycles. The molecule has 9 saturated carbocycles. The van der Waals surface area contributed by atoms with Gasteiger partial charge in [0.1, 0.15) is 11.7 Å². The predicted octanol–water partition coefficient (Wildman–Crippen LogP) is 4.77. The molecule has 0 aromatic carbocycles. The lowest BCUT2D eigenvalue weighted by Crippen LogP contribution is -2.67. The first-order chi connectivity index (χ1) is 21.9. The highest BCUT2D eigenvalue weighted by atomic mass is 16.7. The molecule has 9 aliphatic rings. The standard InChI is InChI=1S/C36H52O11/c1-21-6-7-24(30(2,3)44-5)25(8-21)45-26(37)31-9-22-10-32(15-31,17-34(41,12-22)16-31)27(38)46-28(39)33-11-23-13-35(42,18-33)20-36(14-23,19-33)47-29(40)43-4/h21-25,41-42H,6-20H2,1-5H3. The molecule has 0 aliphatic heterocycles. The maximum Gasteiger partial charge on any atom is 0.508 e. The molecule has 8 bridgehead atoms. The zero-order chi connectivity index (χ0) is 33.8. The van der Waals surface area contributed by atoms with Crippen LogP contribution in [0.4, 0.5) is 4.79 Å². The highest BCUT2D eigenvalue weighted by Gasteiger charge is 2.71. The third-order valence-electron chi connectivity index (χ3n) is 13.7. The van der Waals surface area contributed by atoms with E-state index in [0.717, 1.165) is 19.3 Å². The predicted molar refractivity (Wildman–Crippen MR) is 164 cm³/mol. The summed E-state index contributed by atoms with van der Waals surface area (Å²) in [4.78, 5) is 54.8. The van der Waals surface area contributed by atoms with Crippen molar-refractivity contribution in [3.8, 4) is 0 Å². The Kier molecular flexibility index (Phi) is 7.52. The second-order valence-electron chi connectivity index (χ2n) is 18.0. The van der Waals surface area contributed by atoms with E-state index in [0.29, 0.717) is 44.4 Å². The van der Waals surface area contributed by atoms with E-state index in [4.69, 9.17) is 23.7 Å². The van der Waals surface area contributed by atoms with Crippen LogP contribution in [0.15, 0.2) is 0 Å². The van der Waals surface area contributed by atoms with Gasteiger partial charge in [-0.3, -0.25) is 14.4 Å². The van der Waals surface area contributed by atoms with Gasteiger partial charge in [-0.2, -0.15) is 0 Å². The molecule has 9 aliphatic carbocycles. The van der Waals surface area contributed by atoms with Crippen molar-refractivity contribution < 1.29 is 53.1 Å². The van der Waals surface area contributed by atoms with Crippen molar-refractivity contribution in [1.82, 2.24) is 0 Å². The summed E-state index contributed by atoms with van der Waals surface area (Å²) in [7, 11) is 2.90. The third-order valence-corrected chi connectivity index (χ3v) is 13.7. The number of carbonyl (C=O) groups is 4. The minimum absolute atomic E-state index is 0.0164. The zero-order valence-electron chi connectivity index (χ0n) is 28.6. The normalized spacial score (nSPS) is 47.8. The molecule has 11 nitrogen and oxygen atoms in total. The van der Waals surface area contributed by atoms with Gasteiger partial charge in [0.05, 0.1) is 40.2 Å². The number of methoxy groups -OCH3 is 2. The molecule has 0 heterocycles. The van der Waals surface area contributed by atoms with Crippen molar-refractivity contribution in [2.75, 3.05) is 14.2 Å². The number of hydrogen-bond acceptors (Lipinski definition) is 11. The molecule has 11 heteroatoms. The molecule has 9 fully saturated rings. The Balaban J connectivity index is 1.12. The van der Waals surface area contributed by atoms with E-state index >= 15 is 0 Å². The molecule has 0 aromatic heterocycles. The first-order valence-electron chi connectivity index (χ1n) is 17.6. The van der Waals surface area contributed by atoms with Crippen LogP contribution in [0, 0.1) is 39.9 Å². The van der Waals surface area contributed by atoms with E-state index in [1.165, 1.54) is 7.11 Å².